The molecule has 3 heteroatoms. The fourth-order valence-electron chi connectivity index (χ4n) is 2.37. The molecule has 2 fully saturated rings. The Bertz CT molecular complexity index is 281. The molecule has 0 unspecified atom stereocenters. The van der Waals surface area contributed by atoms with Gasteiger partial charge >= 0.3 is 5.97 Å². The summed E-state index contributed by atoms with van der Waals surface area (Å²) in [6.45, 7) is 0. The minimum absolute atomic E-state index is 0.0625. The van der Waals surface area contributed by atoms with Gasteiger partial charge in [0.2, 0.25) is 0 Å². The third kappa shape index (κ3) is 0.630. The number of carbonyl (C=O) groups is 1. The largest absolute Gasteiger partial charge is 0.466 e. The second kappa shape index (κ2) is 1.91. The number of fused-ring (bicyclic) bond motifs is 5. The lowest BCUT2D eigenvalue weighted by Gasteiger charge is -2.08. The zero-order chi connectivity index (χ0) is 8.29. The molecule has 1 saturated heterocycles. The lowest BCUT2D eigenvalue weighted by atomic mass is 10.00. The first-order valence-electron chi connectivity index (χ1n) is 4.27. The molecule has 0 aromatic heterocycles. The molecule has 0 radical (unpaired) electrons. The number of hydrogen-bond acceptors (Lipinski definition) is 3. The van der Waals surface area contributed by atoms with E-state index in [2.05, 4.69) is 4.74 Å². The van der Waals surface area contributed by atoms with Crippen molar-refractivity contribution in [2.75, 3.05) is 7.11 Å². The molecule has 3 rings (SSSR count). The van der Waals surface area contributed by atoms with Gasteiger partial charge in [-0.15, -0.1) is 0 Å². The summed E-state index contributed by atoms with van der Waals surface area (Å²) in [6, 6.07) is 0. The van der Waals surface area contributed by atoms with E-state index in [1.807, 2.05) is 6.08 Å². The van der Waals surface area contributed by atoms with Crippen LogP contribution in [0.5, 0.6) is 0 Å². The maximum Gasteiger partial charge on any atom is 0.336 e. The Kier molecular flexibility index (Phi) is 1.06. The topological polar surface area (TPSA) is 35.5 Å². The van der Waals surface area contributed by atoms with Crippen LogP contribution in [0.4, 0.5) is 0 Å². The van der Waals surface area contributed by atoms with Crippen LogP contribution in [0, 0.1) is 11.8 Å². The van der Waals surface area contributed by atoms with Crippen molar-refractivity contribution in [3.8, 4) is 0 Å². The Balaban J connectivity index is 1.90. The van der Waals surface area contributed by atoms with Crippen molar-refractivity contribution in [3.63, 3.8) is 0 Å². The van der Waals surface area contributed by atoms with Crippen LogP contribution < -0.4 is 0 Å². The van der Waals surface area contributed by atoms with Crippen molar-refractivity contribution in [2.24, 2.45) is 11.8 Å². The Hall–Kier alpha value is -0.830. The van der Waals surface area contributed by atoms with Crippen LogP contribution >= 0.6 is 0 Å². The van der Waals surface area contributed by atoms with Gasteiger partial charge in [0.15, 0.2) is 0 Å². The van der Waals surface area contributed by atoms with E-state index in [1.165, 1.54) is 13.5 Å². The Morgan fingerprint density at radius 1 is 1.67 bits per heavy atom. The Morgan fingerprint density at radius 3 is 3.08 bits per heavy atom. The molecule has 2 bridgehead atoms. The molecule has 4 atom stereocenters. The summed E-state index contributed by atoms with van der Waals surface area (Å²) in [5, 5.41) is 0. The van der Waals surface area contributed by atoms with Gasteiger partial charge in [0.25, 0.3) is 0 Å². The lowest BCUT2D eigenvalue weighted by molar-refractivity contribution is -0.137. The zero-order valence-corrected chi connectivity index (χ0v) is 6.82. The van der Waals surface area contributed by atoms with E-state index in [9.17, 15) is 4.79 Å². The number of methoxy groups -OCH3 is 1. The standard InChI is InChI=1S/C9H10O3/c1-11-9(10)6-3-7-4-2-5(4)8(6)12-7/h3-5,7-8H,2H2,1H3/t4-,5-,7+,8-/m1/s1. The molecule has 0 spiro atoms. The molecular formula is C9H10O3. The molecule has 0 N–H and O–H groups in total. The van der Waals surface area contributed by atoms with Gasteiger partial charge in [0.05, 0.1) is 24.9 Å². The van der Waals surface area contributed by atoms with Crippen LogP contribution in [0.1, 0.15) is 6.42 Å². The van der Waals surface area contributed by atoms with E-state index in [-0.39, 0.29) is 18.2 Å². The maximum absolute atomic E-state index is 11.2. The van der Waals surface area contributed by atoms with E-state index in [0.717, 1.165) is 5.57 Å². The summed E-state index contributed by atoms with van der Waals surface area (Å²) in [4.78, 5) is 11.2. The highest BCUT2D eigenvalue weighted by molar-refractivity contribution is 5.90. The smallest absolute Gasteiger partial charge is 0.336 e. The number of esters is 1. The molecule has 3 aliphatic rings. The third-order valence-corrected chi connectivity index (χ3v) is 3.08. The average Bonchev–Trinajstić information content (AvgIpc) is 2.71. The number of ether oxygens (including phenoxy) is 2. The van der Waals surface area contributed by atoms with Gasteiger partial charge in [-0.1, -0.05) is 0 Å². The van der Waals surface area contributed by atoms with Crippen molar-refractivity contribution in [2.45, 2.75) is 18.6 Å². The first kappa shape index (κ1) is 6.66. The highest BCUT2D eigenvalue weighted by atomic mass is 16.5. The second-order valence-corrected chi connectivity index (χ2v) is 3.70. The Morgan fingerprint density at radius 2 is 2.50 bits per heavy atom. The van der Waals surface area contributed by atoms with Crippen molar-refractivity contribution >= 4 is 5.97 Å². The summed E-state index contributed by atoms with van der Waals surface area (Å²) in [7, 11) is 1.42. The fraction of sp³-hybridized carbons (Fsp3) is 0.667. The summed E-state index contributed by atoms with van der Waals surface area (Å²) in [6.07, 6.45) is 3.44. The number of hydrogen-bond donors (Lipinski definition) is 0. The summed E-state index contributed by atoms with van der Waals surface area (Å²) in [5.74, 6) is 1.12. The van der Waals surface area contributed by atoms with Gasteiger partial charge in [0, 0.05) is 0 Å². The van der Waals surface area contributed by atoms with Crippen LogP contribution in [0.3, 0.4) is 0 Å². The normalized spacial score (nSPS) is 46.9. The fourth-order valence-corrected chi connectivity index (χ4v) is 2.37. The van der Waals surface area contributed by atoms with E-state index >= 15 is 0 Å². The zero-order valence-electron chi connectivity index (χ0n) is 6.82. The van der Waals surface area contributed by atoms with Gasteiger partial charge in [-0.2, -0.15) is 0 Å². The lowest BCUT2D eigenvalue weighted by Crippen LogP contribution is -2.18. The number of rotatable bonds is 1. The number of carbonyl (C=O) groups excluding carboxylic acids is 1. The van der Waals surface area contributed by atoms with Crippen LogP contribution in [-0.4, -0.2) is 25.3 Å². The molecule has 0 aromatic rings. The highest BCUT2D eigenvalue weighted by Crippen LogP contribution is 2.58. The predicted molar refractivity (Wildman–Crippen MR) is 40.4 cm³/mol. The van der Waals surface area contributed by atoms with Crippen LogP contribution in [0.25, 0.3) is 0 Å². The van der Waals surface area contributed by atoms with E-state index in [4.69, 9.17) is 4.74 Å². The molecule has 0 aromatic carbocycles. The molecular weight excluding hydrogens is 156 g/mol. The van der Waals surface area contributed by atoms with Crippen LogP contribution in [0.2, 0.25) is 0 Å². The van der Waals surface area contributed by atoms with E-state index < -0.39 is 0 Å². The minimum Gasteiger partial charge on any atom is -0.466 e. The van der Waals surface area contributed by atoms with E-state index in [1.54, 1.807) is 0 Å². The SMILES string of the molecule is COC(=O)C1=C[C@@H]2O[C@@H]1[C@@H]1C[C@H]12. The van der Waals surface area contributed by atoms with Crippen LogP contribution in [-0.2, 0) is 14.3 Å². The average molecular weight is 166 g/mol. The second-order valence-electron chi connectivity index (χ2n) is 3.70. The van der Waals surface area contributed by atoms with E-state index in [0.29, 0.717) is 11.8 Å². The van der Waals surface area contributed by atoms with Crippen molar-refractivity contribution in [1.29, 1.82) is 0 Å². The van der Waals surface area contributed by atoms with Crippen LogP contribution in [0.15, 0.2) is 11.6 Å². The first-order valence-corrected chi connectivity index (χ1v) is 4.27. The summed E-state index contributed by atoms with van der Waals surface area (Å²) >= 11 is 0. The molecule has 1 saturated carbocycles. The van der Waals surface area contributed by atoms with Gasteiger partial charge in [-0.3, -0.25) is 0 Å². The molecule has 0 amide bonds. The van der Waals surface area contributed by atoms with Crippen molar-refractivity contribution in [3.05, 3.63) is 11.6 Å². The highest BCUT2D eigenvalue weighted by Gasteiger charge is 2.60. The van der Waals surface area contributed by atoms with Crippen molar-refractivity contribution < 1.29 is 14.3 Å². The molecule has 2 heterocycles. The molecule has 3 nitrogen and oxygen atoms in total. The molecule has 2 aliphatic heterocycles. The molecule has 1 aliphatic carbocycles. The Labute approximate surface area is 70.3 Å². The van der Waals surface area contributed by atoms with Gasteiger partial charge < -0.3 is 9.47 Å². The first-order chi connectivity index (χ1) is 5.81. The van der Waals surface area contributed by atoms with Gasteiger partial charge in [-0.25, -0.2) is 4.79 Å². The van der Waals surface area contributed by atoms with Gasteiger partial charge in [0.1, 0.15) is 0 Å². The minimum atomic E-state index is -0.215. The van der Waals surface area contributed by atoms with Crippen molar-refractivity contribution in [1.82, 2.24) is 0 Å². The predicted octanol–water partition coefficient (Wildman–Crippen LogP) is 0.503. The summed E-state index contributed by atoms with van der Waals surface area (Å²) in [5.41, 5.74) is 0.751. The monoisotopic (exact) mass is 166 g/mol. The molecule has 64 valence electrons. The summed E-state index contributed by atoms with van der Waals surface area (Å²) < 4.78 is 10.2. The third-order valence-electron chi connectivity index (χ3n) is 3.08. The molecule has 12 heavy (non-hydrogen) atoms. The van der Waals surface area contributed by atoms with Gasteiger partial charge in [-0.05, 0) is 24.3 Å². The maximum atomic E-state index is 11.2. The quantitative estimate of drug-likeness (QED) is 0.532.